The highest BCUT2D eigenvalue weighted by Gasteiger charge is 2.19. The fourth-order valence-electron chi connectivity index (χ4n) is 4.09. The number of nitrogens with zero attached hydrogens (tertiary/aromatic N) is 4. The van der Waals surface area contributed by atoms with Crippen molar-refractivity contribution in [3.8, 4) is 11.5 Å². The molecule has 0 unspecified atom stereocenters. The molecule has 196 valence electrons. The first-order valence-corrected chi connectivity index (χ1v) is 12.5. The van der Waals surface area contributed by atoms with Crippen molar-refractivity contribution >= 4 is 22.8 Å². The highest BCUT2D eigenvalue weighted by atomic mass is 16.5. The Morgan fingerprint density at radius 2 is 1.92 bits per heavy atom. The Labute approximate surface area is 225 Å². The van der Waals surface area contributed by atoms with E-state index < -0.39 is 0 Å². The first-order valence-electron chi connectivity index (χ1n) is 12.5. The summed E-state index contributed by atoms with van der Waals surface area (Å²) in [5.41, 5.74) is 6.62. The summed E-state index contributed by atoms with van der Waals surface area (Å²) in [5, 5.41) is 3.33. The van der Waals surface area contributed by atoms with Crippen LogP contribution in [0, 0.1) is 6.92 Å². The number of likely N-dealkylation sites (N-methyl/N-ethyl adjacent to an activating group) is 2. The predicted molar refractivity (Wildman–Crippen MR) is 156 cm³/mol. The molecular formula is C31H35N5O2. The number of nitrogens with one attached hydrogen (secondary N) is 1. The Hall–Kier alpha value is -4.36. The van der Waals surface area contributed by atoms with Crippen LogP contribution < -0.4 is 14.8 Å². The van der Waals surface area contributed by atoms with Gasteiger partial charge < -0.3 is 24.6 Å². The molecule has 0 radical (unpaired) electrons. The topological polar surface area (TPSA) is 62.8 Å². The van der Waals surface area contributed by atoms with Gasteiger partial charge in [-0.3, -0.25) is 0 Å². The van der Waals surface area contributed by atoms with Gasteiger partial charge in [-0.25, -0.2) is 9.97 Å². The number of hydrogen-bond acceptors (Lipinski definition) is 7. The molecule has 0 saturated carbocycles. The molecule has 0 bridgehead atoms. The van der Waals surface area contributed by atoms with Crippen molar-refractivity contribution in [1.29, 1.82) is 0 Å². The molecule has 1 N–H and O–H groups in total. The average Bonchev–Trinajstić information content (AvgIpc) is 2.90. The van der Waals surface area contributed by atoms with Crippen molar-refractivity contribution in [2.45, 2.75) is 6.92 Å². The Morgan fingerprint density at radius 3 is 2.66 bits per heavy atom. The molecule has 4 rings (SSSR count). The second kappa shape index (κ2) is 12.3. The van der Waals surface area contributed by atoms with Gasteiger partial charge in [-0.1, -0.05) is 42.5 Å². The van der Waals surface area contributed by atoms with E-state index in [4.69, 9.17) is 14.5 Å². The van der Waals surface area contributed by atoms with Crippen LogP contribution in [0.4, 0.5) is 11.6 Å². The van der Waals surface area contributed by atoms with E-state index in [9.17, 15) is 0 Å². The van der Waals surface area contributed by atoms with Gasteiger partial charge >= 0.3 is 0 Å². The van der Waals surface area contributed by atoms with E-state index in [0.717, 1.165) is 40.3 Å². The maximum atomic E-state index is 5.97. The SMILES string of the molecule is C=C(/C(=C1/C=CC=CN1C)c1ccnc(Nc2ccc(OC)c(OCCN(C)C)c2)n1)c1cccc(C)c1. The minimum absolute atomic E-state index is 0.472. The van der Waals surface area contributed by atoms with Crippen LogP contribution in [0.2, 0.25) is 0 Å². The van der Waals surface area contributed by atoms with E-state index in [0.29, 0.717) is 24.1 Å². The largest absolute Gasteiger partial charge is 0.493 e. The van der Waals surface area contributed by atoms with Crippen LogP contribution in [-0.2, 0) is 0 Å². The Morgan fingerprint density at radius 1 is 1.08 bits per heavy atom. The normalized spacial score (nSPS) is 14.0. The van der Waals surface area contributed by atoms with E-state index in [2.05, 4.69) is 57.9 Å². The van der Waals surface area contributed by atoms with Crippen molar-refractivity contribution < 1.29 is 9.47 Å². The van der Waals surface area contributed by atoms with Crippen molar-refractivity contribution in [1.82, 2.24) is 19.8 Å². The predicted octanol–water partition coefficient (Wildman–Crippen LogP) is 5.92. The minimum atomic E-state index is 0.472. The van der Waals surface area contributed by atoms with Crippen LogP contribution >= 0.6 is 0 Å². The minimum Gasteiger partial charge on any atom is -0.493 e. The van der Waals surface area contributed by atoms with Crippen LogP contribution in [0.3, 0.4) is 0 Å². The molecule has 1 aliphatic heterocycles. The highest BCUT2D eigenvalue weighted by Crippen LogP contribution is 2.35. The number of methoxy groups -OCH3 is 1. The number of allylic oxidation sites excluding steroid dienone is 5. The first kappa shape index (κ1) is 26.7. The van der Waals surface area contributed by atoms with E-state index in [1.165, 1.54) is 5.56 Å². The van der Waals surface area contributed by atoms with Gasteiger partial charge in [0.1, 0.15) is 6.61 Å². The molecule has 0 spiro atoms. The van der Waals surface area contributed by atoms with Crippen LogP contribution in [0.25, 0.3) is 11.1 Å². The van der Waals surface area contributed by atoms with Gasteiger partial charge in [-0.2, -0.15) is 0 Å². The molecular weight excluding hydrogens is 474 g/mol. The third kappa shape index (κ3) is 6.49. The fourth-order valence-corrected chi connectivity index (χ4v) is 4.09. The van der Waals surface area contributed by atoms with E-state index >= 15 is 0 Å². The number of rotatable bonds is 10. The lowest BCUT2D eigenvalue weighted by atomic mass is 9.93. The lowest BCUT2D eigenvalue weighted by Gasteiger charge is -2.24. The molecule has 0 amide bonds. The number of aryl methyl sites for hydroxylation is 1. The number of anilines is 2. The summed E-state index contributed by atoms with van der Waals surface area (Å²) in [6, 6.07) is 16.0. The highest BCUT2D eigenvalue weighted by molar-refractivity contribution is 6.05. The lowest BCUT2D eigenvalue weighted by molar-refractivity contribution is 0.251. The third-order valence-corrected chi connectivity index (χ3v) is 6.11. The molecule has 2 aromatic carbocycles. The van der Waals surface area contributed by atoms with E-state index in [1.54, 1.807) is 13.3 Å². The number of hydrogen-bond donors (Lipinski definition) is 1. The molecule has 1 aromatic heterocycles. The summed E-state index contributed by atoms with van der Waals surface area (Å²) in [5.74, 6) is 1.80. The van der Waals surface area contributed by atoms with Gasteiger partial charge in [0.2, 0.25) is 5.95 Å². The summed E-state index contributed by atoms with van der Waals surface area (Å²) in [4.78, 5) is 13.5. The smallest absolute Gasteiger partial charge is 0.227 e. The summed E-state index contributed by atoms with van der Waals surface area (Å²) < 4.78 is 11.5. The standard InChI is InChI=1S/C31H35N5O2/c1-22-10-9-11-24(20-22)23(2)30(27-12-7-8-17-36(27)5)26-15-16-32-31(34-26)33-25-13-14-28(37-6)29(21-25)38-19-18-35(3)4/h7-17,20-21H,2,18-19H2,1,3-6H3,(H,32,33,34)/b30-27+. The quantitative estimate of drug-likeness (QED) is 0.364. The lowest BCUT2D eigenvalue weighted by Crippen LogP contribution is -2.19. The summed E-state index contributed by atoms with van der Waals surface area (Å²) in [6.45, 7) is 7.91. The number of aromatic nitrogens is 2. The van der Waals surface area contributed by atoms with Crippen LogP contribution in [-0.4, -0.2) is 61.2 Å². The Bertz CT molecular complexity index is 1390. The van der Waals surface area contributed by atoms with E-state index in [1.807, 2.05) is 69.8 Å². The third-order valence-electron chi connectivity index (χ3n) is 6.11. The van der Waals surface area contributed by atoms with Crippen LogP contribution in [0.1, 0.15) is 16.8 Å². The van der Waals surface area contributed by atoms with E-state index in [-0.39, 0.29) is 0 Å². The summed E-state index contributed by atoms with van der Waals surface area (Å²) >= 11 is 0. The molecule has 7 heteroatoms. The number of benzene rings is 2. The van der Waals surface area contributed by atoms with Crippen molar-refractivity contribution in [3.63, 3.8) is 0 Å². The molecule has 3 aromatic rings. The van der Waals surface area contributed by atoms with Crippen LogP contribution in [0.15, 0.2) is 91.4 Å². The molecule has 0 saturated heterocycles. The summed E-state index contributed by atoms with van der Waals surface area (Å²) in [7, 11) is 7.68. The van der Waals surface area contributed by atoms with Gasteiger partial charge in [0, 0.05) is 43.3 Å². The van der Waals surface area contributed by atoms with Crippen molar-refractivity contribution in [2.75, 3.05) is 46.7 Å². The zero-order valence-electron chi connectivity index (χ0n) is 22.7. The maximum absolute atomic E-state index is 5.97. The second-order valence-corrected chi connectivity index (χ2v) is 9.33. The van der Waals surface area contributed by atoms with Gasteiger partial charge in [-0.15, -0.1) is 0 Å². The molecule has 7 nitrogen and oxygen atoms in total. The maximum Gasteiger partial charge on any atom is 0.227 e. The second-order valence-electron chi connectivity index (χ2n) is 9.33. The Kier molecular flexibility index (Phi) is 8.61. The van der Waals surface area contributed by atoms with Crippen molar-refractivity contribution in [3.05, 3.63) is 108 Å². The molecule has 0 aliphatic carbocycles. The van der Waals surface area contributed by atoms with Gasteiger partial charge in [0.05, 0.1) is 18.5 Å². The van der Waals surface area contributed by atoms with Gasteiger partial charge in [-0.05, 0) is 62.5 Å². The fraction of sp³-hybridized carbons (Fsp3) is 0.226. The molecule has 38 heavy (non-hydrogen) atoms. The summed E-state index contributed by atoms with van der Waals surface area (Å²) in [6.07, 6.45) is 9.88. The monoisotopic (exact) mass is 509 g/mol. The molecule has 0 fully saturated rings. The first-order chi connectivity index (χ1) is 18.4. The van der Waals surface area contributed by atoms with Crippen molar-refractivity contribution in [2.24, 2.45) is 0 Å². The van der Waals surface area contributed by atoms with Crippen LogP contribution in [0.5, 0.6) is 11.5 Å². The van der Waals surface area contributed by atoms with Gasteiger partial charge in [0.25, 0.3) is 0 Å². The average molecular weight is 510 g/mol. The molecule has 0 atom stereocenters. The van der Waals surface area contributed by atoms with Gasteiger partial charge in [0.15, 0.2) is 11.5 Å². The zero-order chi connectivity index (χ0) is 27.1. The zero-order valence-corrected chi connectivity index (χ0v) is 22.7. The Balaban J connectivity index is 1.68. The number of ether oxygens (including phenoxy) is 2. The molecule has 2 heterocycles. The molecule has 1 aliphatic rings.